The molecule has 0 radical (unpaired) electrons. The quantitative estimate of drug-likeness (QED) is 0.733. The number of ether oxygens (including phenoxy) is 2. The molecule has 1 atom stereocenters. The third-order valence-corrected chi connectivity index (χ3v) is 5.18. The first-order valence-electron chi connectivity index (χ1n) is 8.74. The molecular formula is C20H21Cl2NO4. The van der Waals surface area contributed by atoms with Gasteiger partial charge < -0.3 is 14.6 Å². The van der Waals surface area contributed by atoms with Crippen molar-refractivity contribution in [3.8, 4) is 5.75 Å². The van der Waals surface area contributed by atoms with Gasteiger partial charge in [0.05, 0.1) is 19.1 Å². The Morgan fingerprint density at radius 1 is 1.22 bits per heavy atom. The van der Waals surface area contributed by atoms with E-state index >= 15 is 0 Å². The van der Waals surface area contributed by atoms with Gasteiger partial charge in [0.2, 0.25) is 0 Å². The minimum Gasteiger partial charge on any atom is -0.489 e. The lowest BCUT2D eigenvalue weighted by molar-refractivity contribution is -0.137. The van der Waals surface area contributed by atoms with Crippen LogP contribution in [0.2, 0.25) is 10.0 Å². The second kappa shape index (κ2) is 9.42. The van der Waals surface area contributed by atoms with Crippen LogP contribution in [-0.4, -0.2) is 42.2 Å². The van der Waals surface area contributed by atoms with Crippen molar-refractivity contribution >= 4 is 29.2 Å². The average molecular weight is 410 g/mol. The van der Waals surface area contributed by atoms with Crippen molar-refractivity contribution in [1.82, 2.24) is 4.90 Å². The first-order valence-corrected chi connectivity index (χ1v) is 9.50. The Balaban J connectivity index is 1.64. The lowest BCUT2D eigenvalue weighted by Crippen LogP contribution is -2.39. The predicted octanol–water partition coefficient (Wildman–Crippen LogP) is 4.42. The average Bonchev–Trinajstić information content (AvgIpc) is 2.66. The van der Waals surface area contributed by atoms with Gasteiger partial charge in [-0.05, 0) is 29.8 Å². The van der Waals surface area contributed by atoms with E-state index in [1.807, 2.05) is 24.3 Å². The summed E-state index contributed by atoms with van der Waals surface area (Å²) in [7, 11) is 0. The molecule has 2 aromatic carbocycles. The van der Waals surface area contributed by atoms with Crippen LogP contribution in [0.5, 0.6) is 5.75 Å². The fourth-order valence-corrected chi connectivity index (χ4v) is 3.50. The minimum atomic E-state index is -0.785. The van der Waals surface area contributed by atoms with Crippen molar-refractivity contribution in [3.63, 3.8) is 0 Å². The molecule has 7 heteroatoms. The normalized spacial score (nSPS) is 17.6. The van der Waals surface area contributed by atoms with E-state index in [0.717, 1.165) is 17.7 Å². The number of morpholine rings is 1. The van der Waals surface area contributed by atoms with E-state index in [2.05, 4.69) is 4.90 Å². The highest BCUT2D eigenvalue weighted by Gasteiger charge is 2.22. The number of benzene rings is 2. The first-order chi connectivity index (χ1) is 13.0. The number of hydrogen-bond acceptors (Lipinski definition) is 4. The van der Waals surface area contributed by atoms with Crippen molar-refractivity contribution in [2.45, 2.75) is 19.1 Å². The van der Waals surface area contributed by atoms with Crippen LogP contribution in [0.3, 0.4) is 0 Å². The molecule has 27 heavy (non-hydrogen) atoms. The monoisotopic (exact) mass is 409 g/mol. The number of nitrogens with zero attached hydrogens (tertiary/aromatic N) is 1. The molecule has 1 heterocycles. The molecule has 1 saturated heterocycles. The number of halogens is 2. The zero-order valence-electron chi connectivity index (χ0n) is 14.7. The maximum atomic E-state index is 10.8. The summed E-state index contributed by atoms with van der Waals surface area (Å²) >= 11 is 12.4. The second-order valence-electron chi connectivity index (χ2n) is 6.37. The lowest BCUT2D eigenvalue weighted by Gasteiger charge is -2.33. The lowest BCUT2D eigenvalue weighted by atomic mass is 10.1. The molecule has 1 aliphatic rings. The Bertz CT molecular complexity index is 779. The molecule has 2 aromatic rings. The van der Waals surface area contributed by atoms with Crippen LogP contribution >= 0.6 is 23.2 Å². The number of hydrogen-bond donors (Lipinski definition) is 1. The Morgan fingerprint density at radius 2 is 1.96 bits per heavy atom. The van der Waals surface area contributed by atoms with Gasteiger partial charge in [0, 0.05) is 35.2 Å². The van der Waals surface area contributed by atoms with Gasteiger partial charge in [0.25, 0.3) is 0 Å². The maximum absolute atomic E-state index is 10.8. The molecule has 0 bridgehead atoms. The summed E-state index contributed by atoms with van der Waals surface area (Å²) in [5.74, 6) is -0.0820. The molecule has 144 valence electrons. The van der Waals surface area contributed by atoms with Crippen LogP contribution in [0.15, 0.2) is 42.5 Å². The van der Waals surface area contributed by atoms with Gasteiger partial charge in [0.1, 0.15) is 12.4 Å². The summed E-state index contributed by atoms with van der Waals surface area (Å²) in [5, 5.41) is 10.0. The fourth-order valence-electron chi connectivity index (χ4n) is 2.99. The third kappa shape index (κ3) is 5.59. The van der Waals surface area contributed by atoms with Crippen molar-refractivity contribution in [3.05, 3.63) is 63.6 Å². The molecule has 0 saturated carbocycles. The van der Waals surface area contributed by atoms with E-state index in [-0.39, 0.29) is 19.1 Å². The van der Waals surface area contributed by atoms with E-state index in [1.165, 1.54) is 0 Å². The molecule has 1 aliphatic heterocycles. The highest BCUT2D eigenvalue weighted by Crippen LogP contribution is 2.28. The molecule has 1 unspecified atom stereocenters. The molecular weight excluding hydrogens is 389 g/mol. The van der Waals surface area contributed by atoms with E-state index in [0.29, 0.717) is 35.5 Å². The molecule has 0 amide bonds. The van der Waals surface area contributed by atoms with Gasteiger partial charge >= 0.3 is 5.97 Å². The number of carboxylic acids is 1. The van der Waals surface area contributed by atoms with Gasteiger partial charge in [-0.2, -0.15) is 0 Å². The van der Waals surface area contributed by atoms with Gasteiger partial charge in [-0.25, -0.2) is 0 Å². The minimum absolute atomic E-state index is 0.111. The zero-order chi connectivity index (χ0) is 19.2. The van der Waals surface area contributed by atoms with Crippen LogP contribution < -0.4 is 4.74 Å². The van der Waals surface area contributed by atoms with E-state index in [1.54, 1.807) is 18.2 Å². The van der Waals surface area contributed by atoms with Gasteiger partial charge in [-0.1, -0.05) is 41.4 Å². The summed E-state index contributed by atoms with van der Waals surface area (Å²) in [6.07, 6.45) is 0.0223. The summed E-state index contributed by atoms with van der Waals surface area (Å²) in [6.45, 7) is 2.78. The number of carbonyl (C=O) groups is 1. The largest absolute Gasteiger partial charge is 0.489 e. The van der Waals surface area contributed by atoms with Crippen LogP contribution in [-0.2, 0) is 16.1 Å². The van der Waals surface area contributed by atoms with Gasteiger partial charge in [-0.15, -0.1) is 0 Å². The van der Waals surface area contributed by atoms with Gasteiger partial charge in [0.15, 0.2) is 0 Å². The van der Waals surface area contributed by atoms with Crippen LogP contribution in [0, 0.1) is 0 Å². The summed E-state index contributed by atoms with van der Waals surface area (Å²) in [5.41, 5.74) is 1.75. The number of rotatable bonds is 7. The van der Waals surface area contributed by atoms with E-state index in [9.17, 15) is 4.79 Å². The van der Waals surface area contributed by atoms with Crippen LogP contribution in [0.25, 0.3) is 0 Å². The van der Waals surface area contributed by atoms with E-state index in [4.69, 9.17) is 37.8 Å². The Kier molecular flexibility index (Phi) is 6.96. The summed E-state index contributed by atoms with van der Waals surface area (Å²) < 4.78 is 11.7. The Morgan fingerprint density at radius 3 is 2.70 bits per heavy atom. The molecule has 3 rings (SSSR count). The zero-order valence-corrected chi connectivity index (χ0v) is 16.2. The molecule has 5 nitrogen and oxygen atoms in total. The SMILES string of the molecule is O=C(O)CCN1CCOC(c2cccc(OCc3c(Cl)cccc3Cl)c2)C1. The Labute approximate surface area is 168 Å². The molecule has 1 fully saturated rings. The third-order valence-electron chi connectivity index (χ3n) is 4.47. The maximum Gasteiger partial charge on any atom is 0.304 e. The molecule has 0 spiro atoms. The van der Waals surface area contributed by atoms with E-state index < -0.39 is 5.97 Å². The Hall–Kier alpha value is -1.79. The van der Waals surface area contributed by atoms with Crippen molar-refractivity contribution in [2.24, 2.45) is 0 Å². The predicted molar refractivity (Wildman–Crippen MR) is 105 cm³/mol. The summed E-state index contributed by atoms with van der Waals surface area (Å²) in [4.78, 5) is 12.9. The van der Waals surface area contributed by atoms with Crippen LogP contribution in [0.4, 0.5) is 0 Å². The summed E-state index contributed by atoms with van der Waals surface area (Å²) in [6, 6.07) is 13.1. The number of carboxylic acid groups (broad SMARTS) is 1. The smallest absolute Gasteiger partial charge is 0.304 e. The fraction of sp³-hybridized carbons (Fsp3) is 0.350. The highest BCUT2D eigenvalue weighted by atomic mass is 35.5. The number of aliphatic carboxylic acids is 1. The van der Waals surface area contributed by atoms with Crippen molar-refractivity contribution in [1.29, 1.82) is 0 Å². The van der Waals surface area contributed by atoms with Crippen molar-refractivity contribution in [2.75, 3.05) is 26.2 Å². The first kappa shape index (κ1) is 20.0. The van der Waals surface area contributed by atoms with Crippen LogP contribution in [0.1, 0.15) is 23.7 Å². The highest BCUT2D eigenvalue weighted by molar-refractivity contribution is 6.35. The molecule has 0 aromatic heterocycles. The molecule has 1 N–H and O–H groups in total. The van der Waals surface area contributed by atoms with Crippen molar-refractivity contribution < 1.29 is 19.4 Å². The second-order valence-corrected chi connectivity index (χ2v) is 7.18. The van der Waals surface area contributed by atoms with Gasteiger partial charge in [-0.3, -0.25) is 9.69 Å². The standard InChI is InChI=1S/C20H21Cl2NO4/c21-17-5-2-6-18(22)16(17)13-27-15-4-1-3-14(11-15)19-12-23(9-10-26-19)8-7-20(24)25/h1-6,11,19H,7-10,12-13H2,(H,24,25). The topological polar surface area (TPSA) is 59.0 Å². The molecule has 0 aliphatic carbocycles.